The van der Waals surface area contributed by atoms with E-state index in [2.05, 4.69) is 20.4 Å². The van der Waals surface area contributed by atoms with Gasteiger partial charge in [-0.15, -0.1) is 0 Å². The Morgan fingerprint density at radius 1 is 1.14 bits per heavy atom. The topological polar surface area (TPSA) is 83.8 Å². The van der Waals surface area contributed by atoms with Crippen molar-refractivity contribution in [2.45, 2.75) is 6.54 Å². The van der Waals surface area contributed by atoms with Gasteiger partial charge in [0.25, 0.3) is 5.91 Å². The summed E-state index contributed by atoms with van der Waals surface area (Å²) in [5.74, 6) is -2.05. The lowest BCUT2D eigenvalue weighted by Gasteiger charge is -2.03. The molecule has 0 bridgehead atoms. The highest BCUT2D eigenvalue weighted by Gasteiger charge is 2.20. The number of carbonyl (C=O) groups is 1. The Bertz CT molecular complexity index is 1120. The van der Waals surface area contributed by atoms with Crippen molar-refractivity contribution >= 4 is 5.91 Å². The van der Waals surface area contributed by atoms with Crippen LogP contribution < -0.4 is 5.32 Å². The monoisotopic (exact) mass is 380 g/mol. The van der Waals surface area contributed by atoms with E-state index in [0.29, 0.717) is 23.4 Å². The van der Waals surface area contributed by atoms with Crippen molar-refractivity contribution < 1.29 is 18.1 Å². The number of amides is 1. The average molecular weight is 380 g/mol. The van der Waals surface area contributed by atoms with Gasteiger partial charge >= 0.3 is 0 Å². The molecule has 4 aromatic rings. The van der Waals surface area contributed by atoms with Crippen molar-refractivity contribution in [1.82, 2.24) is 20.4 Å². The van der Waals surface area contributed by atoms with Gasteiger partial charge in [-0.1, -0.05) is 23.4 Å². The lowest BCUT2D eigenvalue weighted by atomic mass is 10.0. The number of halogens is 2. The first-order valence-electron chi connectivity index (χ1n) is 8.38. The van der Waals surface area contributed by atoms with Crippen molar-refractivity contribution in [3.63, 3.8) is 0 Å². The lowest BCUT2D eigenvalue weighted by Crippen LogP contribution is -2.23. The van der Waals surface area contributed by atoms with Gasteiger partial charge in [-0.05, 0) is 23.8 Å². The maximum Gasteiger partial charge on any atom is 0.267 e. The fourth-order valence-corrected chi connectivity index (χ4v) is 2.79. The first kappa shape index (κ1) is 17.6. The van der Waals surface area contributed by atoms with Crippen molar-refractivity contribution in [3.8, 4) is 22.5 Å². The minimum Gasteiger partial charge on any atom is -0.356 e. The van der Waals surface area contributed by atoms with Gasteiger partial charge in [0.15, 0.2) is 17.4 Å². The Morgan fingerprint density at radius 2 is 2.04 bits per heavy atom. The number of nitrogens with zero attached hydrogens (tertiary/aromatic N) is 2. The predicted octanol–water partition coefficient (Wildman–Crippen LogP) is 3.94. The van der Waals surface area contributed by atoms with E-state index in [4.69, 9.17) is 4.52 Å². The van der Waals surface area contributed by atoms with Crippen LogP contribution in [0.2, 0.25) is 0 Å². The fourth-order valence-electron chi connectivity index (χ4n) is 2.79. The van der Waals surface area contributed by atoms with E-state index < -0.39 is 11.6 Å². The zero-order valence-corrected chi connectivity index (χ0v) is 14.4. The maximum atomic E-state index is 14.1. The lowest BCUT2D eigenvalue weighted by molar-refractivity contribution is 0.0946. The van der Waals surface area contributed by atoms with Crippen molar-refractivity contribution in [3.05, 3.63) is 84.1 Å². The molecular weight excluding hydrogens is 366 g/mol. The molecule has 0 atom stereocenters. The van der Waals surface area contributed by atoms with Gasteiger partial charge in [0, 0.05) is 36.3 Å². The normalized spacial score (nSPS) is 10.8. The van der Waals surface area contributed by atoms with Crippen LogP contribution in [-0.4, -0.2) is 21.0 Å². The Balaban J connectivity index is 1.56. The standard InChI is InChI=1S/C20H14F2N4O2/c21-16-5-1-4-14(18(16)22)15-11-26-28-19(15)13-7-17(24-10-13)20(27)25-9-12-3-2-6-23-8-12/h1-8,10-11,24H,9H2,(H,25,27). The molecule has 0 unspecified atom stereocenters. The molecule has 0 spiro atoms. The average Bonchev–Trinajstić information content (AvgIpc) is 3.38. The molecule has 0 aliphatic heterocycles. The molecule has 0 aliphatic carbocycles. The first-order valence-corrected chi connectivity index (χ1v) is 8.38. The minimum atomic E-state index is -0.989. The number of aromatic amines is 1. The molecular formula is C20H14F2N4O2. The molecule has 2 N–H and O–H groups in total. The summed E-state index contributed by atoms with van der Waals surface area (Å²) in [6, 6.07) is 9.06. The van der Waals surface area contributed by atoms with E-state index in [1.807, 2.05) is 6.07 Å². The molecule has 140 valence electrons. The van der Waals surface area contributed by atoms with Crippen LogP contribution in [0.4, 0.5) is 8.78 Å². The molecule has 1 amide bonds. The molecule has 3 aromatic heterocycles. The summed E-state index contributed by atoms with van der Waals surface area (Å²) in [5.41, 5.74) is 1.96. The molecule has 0 fully saturated rings. The smallest absolute Gasteiger partial charge is 0.267 e. The van der Waals surface area contributed by atoms with Gasteiger partial charge in [-0.25, -0.2) is 8.78 Å². The molecule has 4 rings (SSSR count). The second-order valence-corrected chi connectivity index (χ2v) is 6.02. The summed E-state index contributed by atoms with van der Waals surface area (Å²) in [6.45, 7) is 0.323. The third-order valence-electron chi connectivity index (χ3n) is 4.18. The van der Waals surface area contributed by atoms with E-state index in [1.54, 1.807) is 30.7 Å². The van der Waals surface area contributed by atoms with Crippen LogP contribution in [-0.2, 0) is 6.54 Å². The largest absolute Gasteiger partial charge is 0.356 e. The third kappa shape index (κ3) is 3.39. The van der Waals surface area contributed by atoms with E-state index in [0.717, 1.165) is 11.6 Å². The van der Waals surface area contributed by atoms with Crippen LogP contribution >= 0.6 is 0 Å². The predicted molar refractivity (Wildman–Crippen MR) is 97.0 cm³/mol. The zero-order valence-electron chi connectivity index (χ0n) is 14.4. The fraction of sp³-hybridized carbons (Fsp3) is 0.0500. The SMILES string of the molecule is O=C(NCc1cccnc1)c1cc(-c2oncc2-c2cccc(F)c2F)c[nH]1. The molecule has 0 saturated heterocycles. The van der Waals surface area contributed by atoms with E-state index >= 15 is 0 Å². The van der Waals surface area contributed by atoms with Crippen LogP contribution in [0, 0.1) is 11.6 Å². The summed E-state index contributed by atoms with van der Waals surface area (Å²) in [4.78, 5) is 19.2. The number of hydrogen-bond donors (Lipinski definition) is 2. The van der Waals surface area contributed by atoms with Crippen LogP contribution in [0.15, 0.2) is 65.7 Å². The van der Waals surface area contributed by atoms with Crippen LogP contribution in [0.25, 0.3) is 22.5 Å². The van der Waals surface area contributed by atoms with Gasteiger partial charge in [0.05, 0.1) is 11.8 Å². The van der Waals surface area contributed by atoms with Crippen LogP contribution in [0.1, 0.15) is 16.1 Å². The van der Waals surface area contributed by atoms with Crippen LogP contribution in [0.3, 0.4) is 0 Å². The quantitative estimate of drug-likeness (QED) is 0.549. The van der Waals surface area contributed by atoms with E-state index in [1.165, 1.54) is 18.3 Å². The van der Waals surface area contributed by atoms with E-state index in [9.17, 15) is 13.6 Å². The Kier molecular flexibility index (Phi) is 4.67. The van der Waals surface area contributed by atoms with Gasteiger partial charge < -0.3 is 14.8 Å². The number of nitrogens with one attached hydrogen (secondary N) is 2. The number of H-pyrrole nitrogens is 1. The summed E-state index contributed by atoms with van der Waals surface area (Å²) >= 11 is 0. The second-order valence-electron chi connectivity index (χ2n) is 6.02. The summed E-state index contributed by atoms with van der Waals surface area (Å²) in [6.07, 6.45) is 6.16. The summed E-state index contributed by atoms with van der Waals surface area (Å²) in [7, 11) is 0. The highest BCUT2D eigenvalue weighted by atomic mass is 19.2. The van der Waals surface area contributed by atoms with Gasteiger partial charge in [-0.3, -0.25) is 9.78 Å². The minimum absolute atomic E-state index is 0.0278. The first-order chi connectivity index (χ1) is 13.6. The van der Waals surface area contributed by atoms with Crippen molar-refractivity contribution in [1.29, 1.82) is 0 Å². The highest BCUT2D eigenvalue weighted by molar-refractivity contribution is 5.94. The number of benzene rings is 1. The molecule has 6 nitrogen and oxygen atoms in total. The molecule has 1 aromatic carbocycles. The molecule has 3 heterocycles. The zero-order chi connectivity index (χ0) is 19.5. The number of carbonyl (C=O) groups excluding carboxylic acids is 1. The Hall–Kier alpha value is -3.81. The highest BCUT2D eigenvalue weighted by Crippen LogP contribution is 2.34. The Labute approximate surface area is 158 Å². The number of hydrogen-bond acceptors (Lipinski definition) is 4. The third-order valence-corrected chi connectivity index (χ3v) is 4.18. The molecule has 8 heteroatoms. The second kappa shape index (κ2) is 7.43. The molecule has 0 aliphatic rings. The molecule has 0 radical (unpaired) electrons. The van der Waals surface area contributed by atoms with Gasteiger partial charge in [0.1, 0.15) is 5.69 Å². The number of pyridine rings is 1. The van der Waals surface area contributed by atoms with Crippen molar-refractivity contribution in [2.24, 2.45) is 0 Å². The molecule has 0 saturated carbocycles. The number of aromatic nitrogens is 3. The Morgan fingerprint density at radius 3 is 2.86 bits per heavy atom. The van der Waals surface area contributed by atoms with E-state index in [-0.39, 0.29) is 17.2 Å². The van der Waals surface area contributed by atoms with Crippen molar-refractivity contribution in [2.75, 3.05) is 0 Å². The summed E-state index contributed by atoms with van der Waals surface area (Å²) in [5, 5.41) is 6.46. The molecule has 28 heavy (non-hydrogen) atoms. The van der Waals surface area contributed by atoms with Crippen LogP contribution in [0.5, 0.6) is 0 Å². The summed E-state index contributed by atoms with van der Waals surface area (Å²) < 4.78 is 32.9. The van der Waals surface area contributed by atoms with Gasteiger partial charge in [-0.2, -0.15) is 0 Å². The maximum absolute atomic E-state index is 14.1. The van der Waals surface area contributed by atoms with Gasteiger partial charge in [0.2, 0.25) is 0 Å². The number of rotatable bonds is 5.